The van der Waals surface area contributed by atoms with Crippen LogP contribution in [0.2, 0.25) is 0 Å². The van der Waals surface area contributed by atoms with Gasteiger partial charge in [-0.1, -0.05) is 42.5 Å². The van der Waals surface area contributed by atoms with E-state index in [1.165, 1.54) is 0 Å². The Kier molecular flexibility index (Phi) is 11.8. The van der Waals surface area contributed by atoms with Crippen molar-refractivity contribution in [2.75, 3.05) is 6.54 Å². The molecule has 1 aliphatic rings. The molecule has 0 aliphatic carbocycles. The summed E-state index contributed by atoms with van der Waals surface area (Å²) < 4.78 is 33.4. The van der Waals surface area contributed by atoms with Gasteiger partial charge in [0.2, 0.25) is 17.7 Å². The average Bonchev–Trinajstić information content (AvgIpc) is 3.58. The minimum absolute atomic E-state index is 0.00241. The lowest BCUT2D eigenvalue weighted by Gasteiger charge is -2.27. The number of halogens is 3. The van der Waals surface area contributed by atoms with Gasteiger partial charge in [-0.3, -0.25) is 24.6 Å². The van der Waals surface area contributed by atoms with Gasteiger partial charge in [0, 0.05) is 23.8 Å². The van der Waals surface area contributed by atoms with Crippen molar-refractivity contribution >= 4 is 52.4 Å². The number of hydrogen-bond acceptors (Lipinski definition) is 7. The maximum absolute atomic E-state index is 13.2. The van der Waals surface area contributed by atoms with Crippen LogP contribution < -0.4 is 16.4 Å². The predicted molar refractivity (Wildman–Crippen MR) is 161 cm³/mol. The van der Waals surface area contributed by atoms with Gasteiger partial charge in [0.15, 0.2) is 0 Å². The Labute approximate surface area is 269 Å². The largest absolute Gasteiger partial charge is 0.490 e. The van der Waals surface area contributed by atoms with Gasteiger partial charge in [-0.05, 0) is 29.5 Å². The second kappa shape index (κ2) is 15.6. The minimum Gasteiger partial charge on any atom is -0.481 e. The van der Waals surface area contributed by atoms with Crippen molar-refractivity contribution in [3.05, 3.63) is 71.9 Å². The fourth-order valence-corrected chi connectivity index (χ4v) is 4.84. The number of para-hydroxylation sites is 1. The number of alkyl halides is 3. The first-order valence-corrected chi connectivity index (χ1v) is 14.1. The highest BCUT2D eigenvalue weighted by molar-refractivity contribution is 5.97. The molecular weight excluding hydrogens is 645 g/mol. The summed E-state index contributed by atoms with van der Waals surface area (Å²) >= 11 is 0. The first-order valence-electron chi connectivity index (χ1n) is 14.1. The number of fused-ring (bicyclic) bond motifs is 1. The summed E-state index contributed by atoms with van der Waals surface area (Å²) in [4.78, 5) is 72.5. The summed E-state index contributed by atoms with van der Waals surface area (Å²) in [5, 5.41) is 39.7. The van der Waals surface area contributed by atoms with Gasteiger partial charge in [0.25, 0.3) is 0 Å². The van der Waals surface area contributed by atoms with Crippen LogP contribution >= 0.6 is 0 Å². The normalized spacial score (nSPS) is 15.5. The topological polar surface area (TPSA) is 245 Å². The number of nitrogens with two attached hydrogens (primary N) is 1. The Balaban J connectivity index is 0.000000804. The molecule has 3 amide bonds. The van der Waals surface area contributed by atoms with Crippen molar-refractivity contribution in [3.63, 3.8) is 0 Å². The molecule has 2 aromatic carbocycles. The number of nitrogens with one attached hydrogen (secondary N) is 3. The molecule has 1 aromatic heterocycles. The molecule has 15 nitrogen and oxygen atoms in total. The van der Waals surface area contributed by atoms with Gasteiger partial charge in [-0.15, -0.1) is 0 Å². The molecule has 48 heavy (non-hydrogen) atoms. The number of amides is 3. The zero-order valence-electron chi connectivity index (χ0n) is 24.9. The highest BCUT2D eigenvalue weighted by Crippen LogP contribution is 2.19. The Hall–Kier alpha value is -5.94. The number of hydrogen-bond donors (Lipinski definition) is 7. The number of carboxylic acid groups (broad SMARTS) is 3. The van der Waals surface area contributed by atoms with Crippen LogP contribution in [-0.4, -0.2) is 97.1 Å². The standard InChI is InChI=1S/C28H30N6O7.C2HF3O2/c29-25(30)18-7-5-16(6-8-18)13-23(35)31-19-10-12-34(27(19)39)22(14-24(36)37)26(38)32-20(28(40)41)15-33-11-9-17-3-1-2-4-21(17)33;3-2(4,5)1(6)7/h1-9,11,19-20,22H,10,12-15H2,(H3,29,30)(H,31,35)(H,32,38)(H,36,37)(H,40,41);(H,6,7)/t19-,20-,22-;/m0./s1. The summed E-state index contributed by atoms with van der Waals surface area (Å²) in [6, 6.07) is 11.8. The third kappa shape index (κ3) is 9.78. The van der Waals surface area contributed by atoms with E-state index in [1.54, 1.807) is 41.1 Å². The number of carbonyl (C=O) groups excluding carboxylic acids is 3. The van der Waals surface area contributed by atoms with E-state index in [2.05, 4.69) is 10.6 Å². The number of aliphatic carboxylic acids is 3. The van der Waals surface area contributed by atoms with Crippen molar-refractivity contribution < 1.29 is 57.3 Å². The SMILES string of the molecule is N=C(N)c1ccc(CC(=O)N[C@H]2CCN([C@@H](CC(=O)O)C(=O)N[C@@H](Cn3ccc4ccccc43)C(=O)O)C2=O)cc1.O=C(O)C(F)(F)F. The number of nitrogen functional groups attached to an aromatic ring is 1. The summed E-state index contributed by atoms with van der Waals surface area (Å²) in [6.07, 6.45) is -4.03. The van der Waals surface area contributed by atoms with Crippen LogP contribution in [0.3, 0.4) is 0 Å². The Morgan fingerprint density at radius 2 is 1.62 bits per heavy atom. The van der Waals surface area contributed by atoms with Crippen LogP contribution in [0.1, 0.15) is 24.0 Å². The van der Waals surface area contributed by atoms with Gasteiger partial charge in [0.05, 0.1) is 19.4 Å². The summed E-state index contributed by atoms with van der Waals surface area (Å²) in [5.74, 6) is -7.53. The van der Waals surface area contributed by atoms with E-state index in [1.807, 2.05) is 24.3 Å². The monoisotopic (exact) mass is 676 g/mol. The number of amidine groups is 1. The van der Waals surface area contributed by atoms with Gasteiger partial charge in [-0.25, -0.2) is 9.59 Å². The second-order valence-corrected chi connectivity index (χ2v) is 10.6. The zero-order valence-corrected chi connectivity index (χ0v) is 24.9. The van der Waals surface area contributed by atoms with E-state index in [-0.39, 0.29) is 31.8 Å². The van der Waals surface area contributed by atoms with Crippen molar-refractivity contribution in [2.45, 2.75) is 50.1 Å². The van der Waals surface area contributed by atoms with Crippen LogP contribution in [0.5, 0.6) is 0 Å². The minimum atomic E-state index is -5.08. The maximum Gasteiger partial charge on any atom is 0.490 e. The van der Waals surface area contributed by atoms with E-state index in [0.717, 1.165) is 15.8 Å². The maximum atomic E-state index is 13.2. The fraction of sp³-hybridized carbons (Fsp3) is 0.300. The molecule has 1 saturated heterocycles. The molecule has 3 atom stereocenters. The van der Waals surface area contributed by atoms with E-state index in [0.29, 0.717) is 11.1 Å². The van der Waals surface area contributed by atoms with E-state index < -0.39 is 66.4 Å². The third-order valence-corrected chi connectivity index (χ3v) is 7.17. The summed E-state index contributed by atoms with van der Waals surface area (Å²) in [6.45, 7) is -0.114. The van der Waals surface area contributed by atoms with Gasteiger partial charge in [0.1, 0.15) is 24.0 Å². The molecule has 2 heterocycles. The van der Waals surface area contributed by atoms with Crippen LogP contribution in [0.4, 0.5) is 13.2 Å². The molecule has 0 saturated carbocycles. The van der Waals surface area contributed by atoms with Crippen molar-refractivity contribution in [1.82, 2.24) is 20.1 Å². The third-order valence-electron chi connectivity index (χ3n) is 7.17. The number of carboxylic acids is 3. The first-order chi connectivity index (χ1) is 22.5. The molecule has 1 aliphatic heterocycles. The molecule has 0 spiro atoms. The number of carbonyl (C=O) groups is 6. The van der Waals surface area contributed by atoms with Crippen LogP contribution in [-0.2, 0) is 41.7 Å². The Morgan fingerprint density at radius 3 is 2.19 bits per heavy atom. The average molecular weight is 677 g/mol. The zero-order chi connectivity index (χ0) is 35.8. The lowest BCUT2D eigenvalue weighted by Crippen LogP contribution is -2.55. The van der Waals surface area contributed by atoms with Gasteiger partial charge in [-0.2, -0.15) is 13.2 Å². The van der Waals surface area contributed by atoms with Crippen LogP contribution in [0.15, 0.2) is 60.8 Å². The van der Waals surface area contributed by atoms with E-state index in [4.69, 9.17) is 21.0 Å². The second-order valence-electron chi connectivity index (χ2n) is 10.6. The predicted octanol–water partition coefficient (Wildman–Crippen LogP) is 0.931. The molecule has 8 N–H and O–H groups in total. The summed E-state index contributed by atoms with van der Waals surface area (Å²) in [7, 11) is 0. The molecule has 3 aromatic rings. The summed E-state index contributed by atoms with van der Waals surface area (Å²) in [5.41, 5.74) is 7.34. The molecule has 18 heteroatoms. The van der Waals surface area contributed by atoms with Crippen LogP contribution in [0, 0.1) is 5.41 Å². The lowest BCUT2D eigenvalue weighted by atomic mass is 10.1. The Bertz CT molecular complexity index is 1710. The Morgan fingerprint density at radius 1 is 1.00 bits per heavy atom. The number of likely N-dealkylation sites (tertiary alicyclic amines) is 1. The lowest BCUT2D eigenvalue weighted by molar-refractivity contribution is -0.192. The molecule has 0 bridgehead atoms. The van der Waals surface area contributed by atoms with Crippen molar-refractivity contribution in [1.29, 1.82) is 5.41 Å². The number of rotatable bonds is 12. The molecule has 0 radical (unpaired) electrons. The molecule has 4 rings (SSSR count). The fourth-order valence-electron chi connectivity index (χ4n) is 4.84. The number of benzene rings is 2. The van der Waals surface area contributed by atoms with Gasteiger partial charge < -0.3 is 41.2 Å². The molecule has 0 unspecified atom stereocenters. The van der Waals surface area contributed by atoms with Crippen molar-refractivity contribution in [2.24, 2.45) is 5.73 Å². The molecular formula is C30H31F3N6O9. The first kappa shape index (κ1) is 36.5. The van der Waals surface area contributed by atoms with E-state index in [9.17, 15) is 47.4 Å². The smallest absolute Gasteiger partial charge is 0.481 e. The van der Waals surface area contributed by atoms with Gasteiger partial charge >= 0.3 is 24.1 Å². The quantitative estimate of drug-likeness (QED) is 0.106. The number of aromatic nitrogens is 1. The highest BCUT2D eigenvalue weighted by Gasteiger charge is 2.41. The van der Waals surface area contributed by atoms with Crippen molar-refractivity contribution in [3.8, 4) is 0 Å². The molecule has 1 fully saturated rings. The molecule has 256 valence electrons. The van der Waals surface area contributed by atoms with Crippen LogP contribution in [0.25, 0.3) is 10.9 Å². The number of nitrogens with zero attached hydrogens (tertiary/aromatic N) is 2. The highest BCUT2D eigenvalue weighted by atomic mass is 19.4. The van der Waals surface area contributed by atoms with E-state index >= 15 is 0 Å².